The van der Waals surface area contributed by atoms with Gasteiger partial charge in [0.1, 0.15) is 23.7 Å². The van der Waals surface area contributed by atoms with Crippen LogP contribution in [-0.2, 0) is 6.61 Å². The summed E-state index contributed by atoms with van der Waals surface area (Å²) >= 11 is 6.51. The number of nitrogens with one attached hydrogen (secondary N) is 1. The summed E-state index contributed by atoms with van der Waals surface area (Å²) in [5.74, 6) is 1.02. The molecule has 0 radical (unpaired) electrons. The maximum absolute atomic E-state index is 13.3. The third kappa shape index (κ3) is 4.49. The first-order valence-corrected chi connectivity index (χ1v) is 12.4. The zero-order chi connectivity index (χ0) is 25.1. The molecule has 36 heavy (non-hydrogen) atoms. The standard InChI is InChI=1S/C29H28ClN3O3/c1-32-27-23-9-5-6-10-26(23)36-29(24(27)18-31)13-15-33(16-14-29)28(34)22-12-11-21(17-25(22)30)35-19-20-7-3-2-4-8-20/h2-12,17-18,24,31H,13-16,19H2,1H3. The zero-order valence-electron chi connectivity index (χ0n) is 20.1. The molecule has 1 saturated heterocycles. The van der Waals surface area contributed by atoms with Gasteiger partial charge in [0.2, 0.25) is 0 Å². The average Bonchev–Trinajstić information content (AvgIpc) is 2.92. The summed E-state index contributed by atoms with van der Waals surface area (Å²) < 4.78 is 12.4. The molecule has 0 saturated carbocycles. The normalized spacial score (nSPS) is 19.4. The Hall–Kier alpha value is -3.64. The fraction of sp³-hybridized carbons (Fsp3) is 0.276. The van der Waals surface area contributed by atoms with Crippen LogP contribution in [0.4, 0.5) is 0 Å². The monoisotopic (exact) mass is 501 g/mol. The van der Waals surface area contributed by atoms with Crippen molar-refractivity contribution in [3.63, 3.8) is 0 Å². The van der Waals surface area contributed by atoms with Crippen LogP contribution in [-0.4, -0.2) is 48.5 Å². The Morgan fingerprint density at radius 2 is 1.86 bits per heavy atom. The number of halogens is 1. The molecule has 1 atom stereocenters. The largest absolute Gasteiger partial charge is 0.489 e. The number of rotatable bonds is 5. The minimum Gasteiger partial charge on any atom is -0.489 e. The fourth-order valence-electron chi connectivity index (χ4n) is 5.13. The number of carbonyl (C=O) groups excluding carboxylic acids is 1. The van der Waals surface area contributed by atoms with Crippen molar-refractivity contribution < 1.29 is 14.3 Å². The number of hydrogen-bond acceptors (Lipinski definition) is 5. The number of likely N-dealkylation sites (tertiary alicyclic amines) is 1. The second-order valence-electron chi connectivity index (χ2n) is 9.12. The van der Waals surface area contributed by atoms with E-state index in [9.17, 15) is 4.79 Å². The lowest BCUT2D eigenvalue weighted by Gasteiger charge is -2.48. The highest BCUT2D eigenvalue weighted by Crippen LogP contribution is 2.43. The molecule has 3 aromatic carbocycles. The highest BCUT2D eigenvalue weighted by atomic mass is 35.5. The minimum absolute atomic E-state index is 0.114. The average molecular weight is 502 g/mol. The van der Waals surface area contributed by atoms with Gasteiger partial charge in [-0.25, -0.2) is 0 Å². The van der Waals surface area contributed by atoms with E-state index in [0.29, 0.717) is 48.9 Å². The zero-order valence-corrected chi connectivity index (χ0v) is 20.9. The van der Waals surface area contributed by atoms with Crippen LogP contribution in [0, 0.1) is 11.3 Å². The van der Waals surface area contributed by atoms with Gasteiger partial charge in [0.15, 0.2) is 0 Å². The number of carbonyl (C=O) groups is 1. The Bertz CT molecular complexity index is 1300. The van der Waals surface area contributed by atoms with Gasteiger partial charge in [-0.1, -0.05) is 54.1 Å². The van der Waals surface area contributed by atoms with E-state index in [2.05, 4.69) is 4.99 Å². The molecular weight excluding hydrogens is 474 g/mol. The Morgan fingerprint density at radius 1 is 1.14 bits per heavy atom. The summed E-state index contributed by atoms with van der Waals surface area (Å²) in [6.07, 6.45) is 2.63. The first kappa shape index (κ1) is 24.1. The Kier molecular flexibility index (Phi) is 6.79. The number of benzene rings is 3. The summed E-state index contributed by atoms with van der Waals surface area (Å²) in [7, 11) is 1.76. The Balaban J connectivity index is 1.28. The van der Waals surface area contributed by atoms with Crippen molar-refractivity contribution in [3.8, 4) is 11.5 Å². The van der Waals surface area contributed by atoms with Crippen LogP contribution in [0.25, 0.3) is 0 Å². The van der Waals surface area contributed by atoms with Crippen LogP contribution in [0.1, 0.15) is 34.3 Å². The van der Waals surface area contributed by atoms with Crippen molar-refractivity contribution in [2.75, 3.05) is 20.1 Å². The van der Waals surface area contributed by atoms with E-state index >= 15 is 0 Å². The first-order valence-electron chi connectivity index (χ1n) is 12.1. The van der Waals surface area contributed by atoms with Gasteiger partial charge >= 0.3 is 0 Å². The molecule has 1 amide bonds. The third-order valence-corrected chi connectivity index (χ3v) is 7.37. The number of aliphatic imine (C=N–C) groups is 1. The number of amides is 1. The van der Waals surface area contributed by atoms with Crippen LogP contribution < -0.4 is 9.47 Å². The van der Waals surface area contributed by atoms with Crippen molar-refractivity contribution >= 4 is 29.4 Å². The smallest absolute Gasteiger partial charge is 0.255 e. The van der Waals surface area contributed by atoms with Gasteiger partial charge in [-0.2, -0.15) is 0 Å². The van der Waals surface area contributed by atoms with Gasteiger partial charge in [0.25, 0.3) is 5.91 Å². The predicted molar refractivity (Wildman–Crippen MR) is 142 cm³/mol. The molecule has 6 nitrogen and oxygen atoms in total. The van der Waals surface area contributed by atoms with E-state index < -0.39 is 5.60 Å². The maximum Gasteiger partial charge on any atom is 0.255 e. The van der Waals surface area contributed by atoms with Gasteiger partial charge in [-0.15, -0.1) is 0 Å². The molecule has 0 bridgehead atoms. The van der Waals surface area contributed by atoms with E-state index in [1.807, 2.05) is 59.5 Å². The number of para-hydroxylation sites is 1. The van der Waals surface area contributed by atoms with E-state index in [-0.39, 0.29) is 11.8 Å². The summed E-state index contributed by atoms with van der Waals surface area (Å²) in [6.45, 7) is 1.44. The molecule has 7 heteroatoms. The number of piperidine rings is 1. The number of nitrogens with zero attached hydrogens (tertiary/aromatic N) is 2. The van der Waals surface area contributed by atoms with Crippen molar-refractivity contribution in [1.82, 2.24) is 4.90 Å². The highest BCUT2D eigenvalue weighted by Gasteiger charge is 2.49. The molecule has 0 aromatic heterocycles. The topological polar surface area (TPSA) is 75.0 Å². The minimum atomic E-state index is -0.597. The summed E-state index contributed by atoms with van der Waals surface area (Å²) in [5.41, 5.74) is 2.71. The van der Waals surface area contributed by atoms with E-state index in [1.54, 1.807) is 25.2 Å². The molecule has 3 aromatic rings. The lowest BCUT2D eigenvalue weighted by molar-refractivity contribution is -0.00861. The van der Waals surface area contributed by atoms with Crippen molar-refractivity contribution in [2.45, 2.75) is 25.0 Å². The number of hydrogen-bond donors (Lipinski definition) is 1. The van der Waals surface area contributed by atoms with Crippen LogP contribution in [0.5, 0.6) is 11.5 Å². The number of fused-ring (bicyclic) bond motifs is 1. The summed E-state index contributed by atoms with van der Waals surface area (Å²) in [5, 5.41) is 8.51. The van der Waals surface area contributed by atoms with Crippen LogP contribution in [0.2, 0.25) is 5.02 Å². The van der Waals surface area contributed by atoms with Gasteiger partial charge in [-0.3, -0.25) is 9.79 Å². The van der Waals surface area contributed by atoms with Gasteiger partial charge in [0.05, 0.1) is 22.2 Å². The van der Waals surface area contributed by atoms with Crippen molar-refractivity contribution in [1.29, 1.82) is 5.41 Å². The van der Waals surface area contributed by atoms with Crippen LogP contribution in [0.3, 0.4) is 0 Å². The molecular formula is C29H28ClN3O3. The molecule has 1 fully saturated rings. The van der Waals surface area contributed by atoms with E-state index in [0.717, 1.165) is 22.6 Å². The molecule has 184 valence electrons. The Labute approximate surface area is 216 Å². The number of ether oxygens (including phenoxy) is 2. The molecule has 2 aliphatic rings. The van der Waals surface area contributed by atoms with E-state index in [4.69, 9.17) is 26.5 Å². The Morgan fingerprint density at radius 3 is 2.56 bits per heavy atom. The lowest BCUT2D eigenvalue weighted by atomic mass is 9.73. The maximum atomic E-state index is 13.3. The van der Waals surface area contributed by atoms with Crippen LogP contribution in [0.15, 0.2) is 77.8 Å². The molecule has 5 rings (SSSR count). The van der Waals surface area contributed by atoms with E-state index in [1.165, 1.54) is 6.21 Å². The second kappa shape index (κ2) is 10.2. The van der Waals surface area contributed by atoms with Crippen molar-refractivity contribution in [3.05, 3.63) is 94.5 Å². The first-order chi connectivity index (χ1) is 17.5. The SMILES string of the molecule is CN=C1c2ccccc2OC2(CCN(C(=O)c3ccc(OCc4ccccc4)cc3Cl)CC2)C1C=N. The fourth-order valence-corrected chi connectivity index (χ4v) is 5.38. The molecule has 2 aliphatic heterocycles. The van der Waals surface area contributed by atoms with Gasteiger partial charge in [0, 0.05) is 44.8 Å². The predicted octanol–water partition coefficient (Wildman–Crippen LogP) is 5.67. The third-order valence-electron chi connectivity index (χ3n) is 7.06. The molecule has 1 unspecified atom stereocenters. The van der Waals surface area contributed by atoms with Gasteiger partial charge < -0.3 is 19.8 Å². The van der Waals surface area contributed by atoms with Crippen molar-refractivity contribution in [2.24, 2.45) is 10.9 Å². The highest BCUT2D eigenvalue weighted by molar-refractivity contribution is 6.34. The summed E-state index contributed by atoms with van der Waals surface area (Å²) in [4.78, 5) is 19.7. The second-order valence-corrected chi connectivity index (χ2v) is 9.53. The molecule has 2 heterocycles. The molecule has 0 aliphatic carbocycles. The van der Waals surface area contributed by atoms with Gasteiger partial charge in [-0.05, 0) is 35.9 Å². The summed E-state index contributed by atoms with van der Waals surface area (Å²) in [6, 6.07) is 22.9. The molecule has 1 N–H and O–H groups in total. The lowest BCUT2D eigenvalue weighted by Crippen LogP contribution is -2.58. The quantitative estimate of drug-likeness (QED) is 0.457. The van der Waals surface area contributed by atoms with Crippen LogP contribution >= 0.6 is 11.6 Å². The molecule has 1 spiro atoms.